The number of hydrogen-bond donors (Lipinski definition) is 0. The summed E-state index contributed by atoms with van der Waals surface area (Å²) in [5.74, 6) is 0.668. The van der Waals surface area contributed by atoms with E-state index in [1.807, 2.05) is 6.26 Å². The Morgan fingerprint density at radius 2 is 1.89 bits per heavy atom. The quantitative estimate of drug-likeness (QED) is 0.482. The molecular weight excluding hydrogens is 232 g/mol. The highest BCUT2D eigenvalue weighted by Gasteiger charge is 2.54. The fourth-order valence-corrected chi connectivity index (χ4v) is 4.60. The summed E-state index contributed by atoms with van der Waals surface area (Å²) in [6, 6.07) is 0. The van der Waals surface area contributed by atoms with E-state index in [0.717, 1.165) is 0 Å². The first-order valence-electron chi connectivity index (χ1n) is 7.69. The second-order valence-corrected chi connectivity index (χ2v) is 7.65. The number of ether oxygens (including phenoxy) is 1. The fraction of sp³-hybridized carbons (Fsp3) is 0.778. The Morgan fingerprint density at radius 3 is 2.53 bits per heavy atom. The van der Waals surface area contributed by atoms with E-state index in [-0.39, 0.29) is 10.8 Å². The summed E-state index contributed by atoms with van der Waals surface area (Å²) in [5.41, 5.74) is 2.52. The van der Waals surface area contributed by atoms with Crippen molar-refractivity contribution in [1.29, 1.82) is 0 Å². The van der Waals surface area contributed by atoms with Gasteiger partial charge in [0.25, 0.3) is 0 Å². The second-order valence-electron chi connectivity index (χ2n) is 7.65. The van der Waals surface area contributed by atoms with E-state index in [2.05, 4.69) is 46.8 Å². The highest BCUT2D eigenvalue weighted by atomic mass is 16.5. The van der Waals surface area contributed by atoms with Crippen LogP contribution in [-0.2, 0) is 4.74 Å². The first kappa shape index (κ1) is 14.7. The molecule has 0 aliphatic heterocycles. The Labute approximate surface area is 119 Å². The van der Waals surface area contributed by atoms with E-state index < -0.39 is 0 Å². The van der Waals surface area contributed by atoms with Crippen molar-refractivity contribution in [3.05, 3.63) is 24.0 Å². The molecule has 0 unspecified atom stereocenters. The highest BCUT2D eigenvalue weighted by molar-refractivity contribution is 5.33. The van der Waals surface area contributed by atoms with Crippen LogP contribution in [0.3, 0.4) is 0 Å². The molecule has 3 atom stereocenters. The van der Waals surface area contributed by atoms with Crippen LogP contribution in [-0.4, -0.2) is 7.11 Å². The minimum Gasteiger partial charge on any atom is -0.505 e. The third-order valence-corrected chi connectivity index (χ3v) is 6.24. The zero-order chi connectivity index (χ0) is 14.3. The number of rotatable bonds is 2. The smallest absolute Gasteiger partial charge is 0.0790 e. The van der Waals surface area contributed by atoms with Crippen LogP contribution in [0.25, 0.3) is 0 Å². The summed E-state index contributed by atoms with van der Waals surface area (Å²) < 4.78 is 5.23. The van der Waals surface area contributed by atoms with Crippen LogP contribution in [0.15, 0.2) is 24.0 Å². The SMILES string of the molecule is CO/C=C/[C@]1(C)[C@H](C)CC=C2C(C)(C)CCC[C@]21C. The number of methoxy groups -OCH3 is 1. The Bertz CT molecular complexity index is 404. The Kier molecular flexibility index (Phi) is 3.62. The monoisotopic (exact) mass is 262 g/mol. The molecular formula is C18H30O. The minimum absolute atomic E-state index is 0.199. The molecule has 2 aliphatic rings. The van der Waals surface area contributed by atoms with Crippen LogP contribution in [0.5, 0.6) is 0 Å². The topological polar surface area (TPSA) is 9.23 Å². The number of fused-ring (bicyclic) bond motifs is 1. The lowest BCUT2D eigenvalue weighted by molar-refractivity contribution is 0.0260. The summed E-state index contributed by atoms with van der Waals surface area (Å²) in [5, 5.41) is 0. The summed E-state index contributed by atoms with van der Waals surface area (Å²) in [4.78, 5) is 0. The summed E-state index contributed by atoms with van der Waals surface area (Å²) >= 11 is 0. The van der Waals surface area contributed by atoms with E-state index in [4.69, 9.17) is 4.74 Å². The first-order valence-corrected chi connectivity index (χ1v) is 7.69. The van der Waals surface area contributed by atoms with E-state index >= 15 is 0 Å². The van der Waals surface area contributed by atoms with E-state index in [0.29, 0.717) is 11.3 Å². The van der Waals surface area contributed by atoms with Crippen LogP contribution in [0, 0.1) is 22.2 Å². The molecule has 108 valence electrons. The van der Waals surface area contributed by atoms with Gasteiger partial charge in [0.15, 0.2) is 0 Å². The molecule has 0 aromatic rings. The molecule has 1 nitrogen and oxygen atoms in total. The third-order valence-electron chi connectivity index (χ3n) is 6.24. The molecule has 0 spiro atoms. The van der Waals surface area contributed by atoms with Crippen molar-refractivity contribution in [2.75, 3.05) is 7.11 Å². The molecule has 0 N–H and O–H groups in total. The van der Waals surface area contributed by atoms with Gasteiger partial charge in [-0.2, -0.15) is 0 Å². The molecule has 2 rings (SSSR count). The molecule has 0 aromatic heterocycles. The van der Waals surface area contributed by atoms with Crippen LogP contribution >= 0.6 is 0 Å². The molecule has 0 heterocycles. The molecule has 1 fully saturated rings. The summed E-state index contributed by atoms with van der Waals surface area (Å²) in [6.45, 7) is 12.1. The number of hydrogen-bond acceptors (Lipinski definition) is 1. The van der Waals surface area contributed by atoms with Crippen molar-refractivity contribution < 1.29 is 4.74 Å². The van der Waals surface area contributed by atoms with Gasteiger partial charge in [-0.1, -0.05) is 52.7 Å². The van der Waals surface area contributed by atoms with Gasteiger partial charge in [0.1, 0.15) is 0 Å². The maximum atomic E-state index is 5.23. The van der Waals surface area contributed by atoms with Gasteiger partial charge in [0.2, 0.25) is 0 Å². The van der Waals surface area contributed by atoms with E-state index in [9.17, 15) is 0 Å². The average Bonchev–Trinajstić information content (AvgIpc) is 2.32. The van der Waals surface area contributed by atoms with Crippen molar-refractivity contribution in [2.45, 2.75) is 60.3 Å². The average molecular weight is 262 g/mol. The highest BCUT2D eigenvalue weighted by Crippen LogP contribution is 2.64. The third kappa shape index (κ3) is 2.06. The maximum absolute atomic E-state index is 5.23. The largest absolute Gasteiger partial charge is 0.505 e. The predicted octanol–water partition coefficient (Wildman–Crippen LogP) is 5.34. The van der Waals surface area contributed by atoms with Gasteiger partial charge >= 0.3 is 0 Å². The molecule has 0 saturated heterocycles. The van der Waals surface area contributed by atoms with Crippen LogP contribution < -0.4 is 0 Å². The molecule has 0 bridgehead atoms. The second kappa shape index (κ2) is 4.68. The molecule has 2 aliphatic carbocycles. The normalized spacial score (nSPS) is 41.8. The Hall–Kier alpha value is -0.720. The fourth-order valence-electron chi connectivity index (χ4n) is 4.60. The molecule has 0 aromatic carbocycles. The Morgan fingerprint density at radius 1 is 1.21 bits per heavy atom. The van der Waals surface area contributed by atoms with Crippen molar-refractivity contribution in [2.24, 2.45) is 22.2 Å². The van der Waals surface area contributed by atoms with Crippen molar-refractivity contribution >= 4 is 0 Å². The molecule has 19 heavy (non-hydrogen) atoms. The van der Waals surface area contributed by atoms with Crippen molar-refractivity contribution in [3.8, 4) is 0 Å². The summed E-state index contributed by atoms with van der Waals surface area (Å²) in [7, 11) is 1.75. The van der Waals surface area contributed by atoms with Gasteiger partial charge in [0.05, 0.1) is 13.4 Å². The lowest BCUT2D eigenvalue weighted by atomic mass is 9.45. The summed E-state index contributed by atoms with van der Waals surface area (Å²) in [6.07, 6.45) is 11.9. The van der Waals surface area contributed by atoms with Crippen LogP contribution in [0.1, 0.15) is 60.3 Å². The molecule has 1 heteroatoms. The van der Waals surface area contributed by atoms with Gasteiger partial charge in [-0.05, 0) is 42.1 Å². The van der Waals surface area contributed by atoms with Gasteiger partial charge in [-0.3, -0.25) is 0 Å². The van der Waals surface area contributed by atoms with E-state index in [1.165, 1.54) is 25.7 Å². The predicted molar refractivity (Wildman–Crippen MR) is 81.9 cm³/mol. The van der Waals surface area contributed by atoms with Gasteiger partial charge in [-0.25, -0.2) is 0 Å². The van der Waals surface area contributed by atoms with Gasteiger partial charge in [-0.15, -0.1) is 0 Å². The molecule has 0 radical (unpaired) electrons. The lowest BCUT2D eigenvalue weighted by Gasteiger charge is -2.59. The zero-order valence-corrected chi connectivity index (χ0v) is 13.5. The van der Waals surface area contributed by atoms with Crippen molar-refractivity contribution in [3.63, 3.8) is 0 Å². The molecule has 0 amide bonds. The number of allylic oxidation sites excluding steroid dienone is 3. The Balaban J connectivity index is 2.51. The van der Waals surface area contributed by atoms with Crippen LogP contribution in [0.4, 0.5) is 0 Å². The molecule has 1 saturated carbocycles. The van der Waals surface area contributed by atoms with Crippen molar-refractivity contribution in [1.82, 2.24) is 0 Å². The van der Waals surface area contributed by atoms with Crippen LogP contribution in [0.2, 0.25) is 0 Å². The van der Waals surface area contributed by atoms with Gasteiger partial charge < -0.3 is 4.74 Å². The van der Waals surface area contributed by atoms with E-state index in [1.54, 1.807) is 12.7 Å². The standard InChI is InChI=1S/C18H30O/c1-14-8-9-15-16(2,3)10-7-11-18(15,5)17(14,4)12-13-19-6/h9,12-14H,7-8,10-11H2,1-6H3/b13-12+/t14-,17-,18-/m1/s1. The minimum atomic E-state index is 0.199. The van der Waals surface area contributed by atoms with Gasteiger partial charge in [0, 0.05) is 5.41 Å². The maximum Gasteiger partial charge on any atom is 0.0790 e. The lowest BCUT2D eigenvalue weighted by Crippen LogP contribution is -2.50. The first-order chi connectivity index (χ1) is 8.78. The zero-order valence-electron chi connectivity index (χ0n) is 13.5.